The summed E-state index contributed by atoms with van der Waals surface area (Å²) in [7, 11) is 0. The molecule has 0 spiro atoms. The van der Waals surface area contributed by atoms with Gasteiger partial charge in [0.05, 0.1) is 0 Å². The second kappa shape index (κ2) is 4.77. The van der Waals surface area contributed by atoms with Crippen molar-refractivity contribution in [1.82, 2.24) is 4.57 Å². The molecule has 4 heteroatoms. The lowest BCUT2D eigenvalue weighted by Gasteiger charge is -2.04. The predicted molar refractivity (Wildman–Crippen MR) is 66.4 cm³/mol. The van der Waals surface area contributed by atoms with Crippen molar-refractivity contribution in [3.05, 3.63) is 55.5 Å². The van der Waals surface area contributed by atoms with Gasteiger partial charge < -0.3 is 4.57 Å². The van der Waals surface area contributed by atoms with E-state index in [1.54, 1.807) is 28.0 Å². The van der Waals surface area contributed by atoms with Gasteiger partial charge in [0.1, 0.15) is 0 Å². The third-order valence-electron chi connectivity index (χ3n) is 2.17. The van der Waals surface area contributed by atoms with Crippen molar-refractivity contribution in [3.63, 3.8) is 0 Å². The third kappa shape index (κ3) is 2.79. The van der Waals surface area contributed by atoms with Crippen LogP contribution in [-0.2, 0) is 13.0 Å². The Kier molecular flexibility index (Phi) is 3.38. The summed E-state index contributed by atoms with van der Waals surface area (Å²) in [6.07, 6.45) is 2.73. The van der Waals surface area contributed by atoms with Gasteiger partial charge in [-0.15, -0.1) is 0 Å². The maximum absolute atomic E-state index is 11.5. The summed E-state index contributed by atoms with van der Waals surface area (Å²) in [6, 6.07) is 5.44. The summed E-state index contributed by atoms with van der Waals surface area (Å²) in [5, 5.41) is 4.17. The lowest BCUT2D eigenvalue weighted by Crippen LogP contribution is -2.19. The van der Waals surface area contributed by atoms with Gasteiger partial charge in [-0.05, 0) is 50.8 Å². The fourth-order valence-corrected chi connectivity index (χ4v) is 2.44. The number of aromatic nitrogens is 1. The van der Waals surface area contributed by atoms with Crippen LogP contribution >= 0.6 is 27.3 Å². The first-order valence-electron chi connectivity index (χ1n) is 4.63. The van der Waals surface area contributed by atoms with Gasteiger partial charge in [-0.3, -0.25) is 4.79 Å². The zero-order chi connectivity index (χ0) is 10.7. The molecule has 2 aromatic heterocycles. The first-order valence-corrected chi connectivity index (χ1v) is 6.36. The molecule has 0 aliphatic carbocycles. The van der Waals surface area contributed by atoms with Crippen molar-refractivity contribution in [1.29, 1.82) is 0 Å². The molecule has 2 aromatic rings. The number of hydrogen-bond acceptors (Lipinski definition) is 2. The number of halogens is 1. The minimum absolute atomic E-state index is 0.0495. The summed E-state index contributed by atoms with van der Waals surface area (Å²) in [5.74, 6) is 0. The van der Waals surface area contributed by atoms with Gasteiger partial charge in [-0.2, -0.15) is 11.3 Å². The number of pyridine rings is 1. The van der Waals surface area contributed by atoms with E-state index in [2.05, 4.69) is 32.8 Å². The van der Waals surface area contributed by atoms with Gasteiger partial charge in [-0.25, -0.2) is 0 Å². The molecule has 0 bridgehead atoms. The molecule has 0 aliphatic heterocycles. The molecule has 0 radical (unpaired) electrons. The van der Waals surface area contributed by atoms with Crippen molar-refractivity contribution in [3.8, 4) is 0 Å². The van der Waals surface area contributed by atoms with Crippen molar-refractivity contribution in [2.75, 3.05) is 0 Å². The van der Waals surface area contributed by atoms with Crippen LogP contribution in [0.2, 0.25) is 0 Å². The SMILES string of the molecule is O=c1ccc(Br)cn1CCc1ccsc1. The van der Waals surface area contributed by atoms with Crippen LogP contribution in [0.25, 0.3) is 0 Å². The van der Waals surface area contributed by atoms with Crippen molar-refractivity contribution in [2.24, 2.45) is 0 Å². The molecule has 0 N–H and O–H groups in total. The Bertz CT molecular complexity index is 490. The molecule has 78 valence electrons. The fraction of sp³-hybridized carbons (Fsp3) is 0.182. The molecular weight excluding hydrogens is 274 g/mol. The van der Waals surface area contributed by atoms with E-state index in [0.29, 0.717) is 0 Å². The van der Waals surface area contributed by atoms with Crippen LogP contribution < -0.4 is 5.56 Å². The normalized spacial score (nSPS) is 10.5. The minimum atomic E-state index is 0.0495. The van der Waals surface area contributed by atoms with E-state index >= 15 is 0 Å². The molecule has 0 amide bonds. The van der Waals surface area contributed by atoms with Crippen LogP contribution in [0.4, 0.5) is 0 Å². The predicted octanol–water partition coefficient (Wildman–Crippen LogP) is 2.92. The van der Waals surface area contributed by atoms with Crippen molar-refractivity contribution >= 4 is 27.3 Å². The highest BCUT2D eigenvalue weighted by atomic mass is 79.9. The van der Waals surface area contributed by atoms with E-state index in [-0.39, 0.29) is 5.56 Å². The first kappa shape index (κ1) is 10.6. The van der Waals surface area contributed by atoms with Gasteiger partial charge in [0.25, 0.3) is 5.56 Å². The standard InChI is InChI=1S/C11H10BrNOS/c12-10-1-2-11(14)13(7-10)5-3-9-4-6-15-8-9/h1-2,4,6-8H,3,5H2. The number of thiophene rings is 1. The Balaban J connectivity index is 2.11. The summed E-state index contributed by atoms with van der Waals surface area (Å²) in [6.45, 7) is 0.731. The van der Waals surface area contributed by atoms with Crippen LogP contribution in [-0.4, -0.2) is 4.57 Å². The summed E-state index contributed by atoms with van der Waals surface area (Å²) in [5.41, 5.74) is 1.33. The zero-order valence-corrected chi connectivity index (χ0v) is 10.4. The topological polar surface area (TPSA) is 22.0 Å². The molecule has 0 atom stereocenters. The lowest BCUT2D eigenvalue weighted by molar-refractivity contribution is 0.668. The Morgan fingerprint density at radius 1 is 1.33 bits per heavy atom. The molecule has 0 aliphatic rings. The average molecular weight is 284 g/mol. The Morgan fingerprint density at radius 2 is 2.20 bits per heavy atom. The Hall–Kier alpha value is -0.870. The summed E-state index contributed by atoms with van der Waals surface area (Å²) >= 11 is 5.04. The molecule has 0 saturated carbocycles. The van der Waals surface area contributed by atoms with E-state index < -0.39 is 0 Å². The van der Waals surface area contributed by atoms with E-state index in [9.17, 15) is 4.79 Å². The highest BCUT2D eigenvalue weighted by Gasteiger charge is 1.98. The average Bonchev–Trinajstić information content (AvgIpc) is 2.72. The van der Waals surface area contributed by atoms with Crippen LogP contribution in [0.3, 0.4) is 0 Å². The second-order valence-electron chi connectivity index (χ2n) is 3.26. The van der Waals surface area contributed by atoms with Crippen LogP contribution in [0.5, 0.6) is 0 Å². The van der Waals surface area contributed by atoms with E-state index in [1.165, 1.54) is 5.56 Å². The van der Waals surface area contributed by atoms with Crippen molar-refractivity contribution in [2.45, 2.75) is 13.0 Å². The maximum Gasteiger partial charge on any atom is 0.250 e. The highest BCUT2D eigenvalue weighted by Crippen LogP contribution is 2.09. The van der Waals surface area contributed by atoms with E-state index in [0.717, 1.165) is 17.4 Å². The first-order chi connectivity index (χ1) is 7.25. The molecule has 0 fully saturated rings. The van der Waals surface area contributed by atoms with Gasteiger partial charge >= 0.3 is 0 Å². The molecular formula is C11H10BrNOS. The molecule has 0 saturated heterocycles. The van der Waals surface area contributed by atoms with Gasteiger partial charge in [0.2, 0.25) is 0 Å². The molecule has 15 heavy (non-hydrogen) atoms. The molecule has 2 heterocycles. The summed E-state index contributed by atoms with van der Waals surface area (Å²) < 4.78 is 2.66. The van der Waals surface area contributed by atoms with Gasteiger partial charge in [0, 0.05) is 23.3 Å². The fourth-order valence-electron chi connectivity index (χ4n) is 1.36. The van der Waals surface area contributed by atoms with E-state index in [4.69, 9.17) is 0 Å². The Morgan fingerprint density at radius 3 is 2.93 bits per heavy atom. The molecule has 2 rings (SSSR count). The molecule has 0 unspecified atom stereocenters. The second-order valence-corrected chi connectivity index (χ2v) is 4.96. The number of aryl methyl sites for hydroxylation is 2. The Labute approximate surface area is 100 Å². The largest absolute Gasteiger partial charge is 0.314 e. The number of rotatable bonds is 3. The van der Waals surface area contributed by atoms with Crippen molar-refractivity contribution < 1.29 is 0 Å². The quantitative estimate of drug-likeness (QED) is 0.849. The van der Waals surface area contributed by atoms with Crippen LogP contribution in [0.15, 0.2) is 44.4 Å². The van der Waals surface area contributed by atoms with Crippen LogP contribution in [0.1, 0.15) is 5.56 Å². The van der Waals surface area contributed by atoms with Crippen LogP contribution in [0, 0.1) is 0 Å². The molecule has 0 aromatic carbocycles. The molecule has 2 nitrogen and oxygen atoms in total. The van der Waals surface area contributed by atoms with Gasteiger partial charge in [0.15, 0.2) is 0 Å². The number of hydrogen-bond donors (Lipinski definition) is 0. The maximum atomic E-state index is 11.5. The zero-order valence-electron chi connectivity index (χ0n) is 8.02. The minimum Gasteiger partial charge on any atom is -0.314 e. The lowest BCUT2D eigenvalue weighted by atomic mass is 10.2. The third-order valence-corrected chi connectivity index (χ3v) is 3.37. The highest BCUT2D eigenvalue weighted by molar-refractivity contribution is 9.10. The van der Waals surface area contributed by atoms with E-state index in [1.807, 2.05) is 6.20 Å². The smallest absolute Gasteiger partial charge is 0.250 e. The summed E-state index contributed by atoms with van der Waals surface area (Å²) in [4.78, 5) is 11.5. The number of nitrogens with zero attached hydrogens (tertiary/aromatic N) is 1. The monoisotopic (exact) mass is 283 g/mol. The van der Waals surface area contributed by atoms with Gasteiger partial charge in [-0.1, -0.05) is 0 Å².